The van der Waals surface area contributed by atoms with Crippen LogP contribution < -0.4 is 5.32 Å². The Morgan fingerprint density at radius 1 is 1.47 bits per heavy atom. The highest BCUT2D eigenvalue weighted by molar-refractivity contribution is 5.61. The first-order valence-corrected chi connectivity index (χ1v) is 7.06. The van der Waals surface area contributed by atoms with Crippen molar-refractivity contribution in [1.29, 1.82) is 5.26 Å². The van der Waals surface area contributed by atoms with Gasteiger partial charge in [-0.3, -0.25) is 0 Å². The van der Waals surface area contributed by atoms with Crippen LogP contribution in [0.5, 0.6) is 0 Å². The van der Waals surface area contributed by atoms with Gasteiger partial charge in [0.2, 0.25) is 0 Å². The van der Waals surface area contributed by atoms with E-state index in [1.54, 1.807) is 0 Å². The zero-order valence-corrected chi connectivity index (χ0v) is 12.1. The molecule has 0 aromatic heterocycles. The van der Waals surface area contributed by atoms with E-state index in [0.717, 1.165) is 23.4 Å². The predicted molar refractivity (Wildman–Crippen MR) is 79.2 cm³/mol. The number of hydrogen-bond donors (Lipinski definition) is 1. The van der Waals surface area contributed by atoms with Gasteiger partial charge in [-0.05, 0) is 57.8 Å². The van der Waals surface area contributed by atoms with Crippen LogP contribution in [0.1, 0.15) is 30.9 Å². The van der Waals surface area contributed by atoms with Crippen molar-refractivity contribution >= 4 is 5.69 Å². The van der Waals surface area contributed by atoms with Crippen molar-refractivity contribution in [1.82, 2.24) is 4.90 Å². The number of aryl methyl sites for hydroxylation is 1. The van der Waals surface area contributed by atoms with Gasteiger partial charge in [-0.25, -0.2) is 0 Å². The van der Waals surface area contributed by atoms with Crippen molar-refractivity contribution < 1.29 is 0 Å². The summed E-state index contributed by atoms with van der Waals surface area (Å²) < 4.78 is 0. The number of likely N-dealkylation sites (tertiary alicyclic amines) is 1. The molecule has 1 heterocycles. The quantitative estimate of drug-likeness (QED) is 0.904. The zero-order chi connectivity index (χ0) is 13.8. The summed E-state index contributed by atoms with van der Waals surface area (Å²) in [5.41, 5.74) is 2.79. The van der Waals surface area contributed by atoms with E-state index in [9.17, 15) is 5.26 Å². The molecule has 3 heteroatoms. The number of piperidine rings is 1. The summed E-state index contributed by atoms with van der Waals surface area (Å²) in [5.74, 6) is 0.658. The standard InChI is InChI=1S/C16H23N3/c1-12-6-4-8-16(15(12)10-17)18-13(2)14-7-5-9-19(3)11-14/h4,6,8,13-14,18H,5,7,9,11H2,1-3H3. The fourth-order valence-electron chi connectivity index (χ4n) is 2.91. The van der Waals surface area contributed by atoms with E-state index in [2.05, 4.69) is 30.3 Å². The molecule has 1 fully saturated rings. The molecular weight excluding hydrogens is 234 g/mol. The molecule has 2 atom stereocenters. The molecule has 0 bridgehead atoms. The van der Waals surface area contributed by atoms with Gasteiger partial charge in [0.15, 0.2) is 0 Å². The Balaban J connectivity index is 2.09. The molecule has 0 aliphatic carbocycles. The van der Waals surface area contributed by atoms with E-state index < -0.39 is 0 Å². The van der Waals surface area contributed by atoms with Crippen molar-refractivity contribution in [3.63, 3.8) is 0 Å². The summed E-state index contributed by atoms with van der Waals surface area (Å²) in [7, 11) is 2.19. The summed E-state index contributed by atoms with van der Waals surface area (Å²) >= 11 is 0. The number of anilines is 1. The topological polar surface area (TPSA) is 39.1 Å². The Bertz CT molecular complexity index is 475. The largest absolute Gasteiger partial charge is 0.381 e. The molecule has 102 valence electrons. The SMILES string of the molecule is Cc1cccc(NC(C)C2CCCN(C)C2)c1C#N. The van der Waals surface area contributed by atoms with E-state index >= 15 is 0 Å². The van der Waals surface area contributed by atoms with Gasteiger partial charge >= 0.3 is 0 Å². The second-order valence-corrected chi connectivity index (χ2v) is 5.71. The fourth-order valence-corrected chi connectivity index (χ4v) is 2.91. The first-order valence-electron chi connectivity index (χ1n) is 7.06. The lowest BCUT2D eigenvalue weighted by molar-refractivity contribution is 0.197. The van der Waals surface area contributed by atoms with Crippen LogP contribution in [-0.4, -0.2) is 31.1 Å². The molecule has 0 radical (unpaired) electrons. The molecule has 3 nitrogen and oxygen atoms in total. The molecule has 1 aliphatic rings. The van der Waals surface area contributed by atoms with Crippen LogP contribution in [-0.2, 0) is 0 Å². The molecule has 0 amide bonds. The molecule has 19 heavy (non-hydrogen) atoms. The normalized spacial score (nSPS) is 21.7. The van der Waals surface area contributed by atoms with Gasteiger partial charge in [0, 0.05) is 12.6 Å². The fraction of sp³-hybridized carbons (Fsp3) is 0.562. The Hall–Kier alpha value is -1.53. The second-order valence-electron chi connectivity index (χ2n) is 5.71. The van der Waals surface area contributed by atoms with Crippen LogP contribution in [0.25, 0.3) is 0 Å². The van der Waals surface area contributed by atoms with Crippen molar-refractivity contribution in [3.05, 3.63) is 29.3 Å². The van der Waals surface area contributed by atoms with Gasteiger partial charge in [-0.1, -0.05) is 12.1 Å². The zero-order valence-electron chi connectivity index (χ0n) is 12.1. The summed E-state index contributed by atoms with van der Waals surface area (Å²) in [6.07, 6.45) is 2.54. The third kappa shape index (κ3) is 3.27. The lowest BCUT2D eigenvalue weighted by atomic mass is 9.91. The number of nitrogens with one attached hydrogen (secondary N) is 1. The number of nitrogens with zero attached hydrogens (tertiary/aromatic N) is 2. The summed E-state index contributed by atoms with van der Waals surface area (Å²) in [4.78, 5) is 2.40. The summed E-state index contributed by atoms with van der Waals surface area (Å²) in [6, 6.07) is 8.72. The Morgan fingerprint density at radius 2 is 2.26 bits per heavy atom. The van der Waals surface area contributed by atoms with Crippen molar-refractivity contribution in [2.75, 3.05) is 25.5 Å². The maximum absolute atomic E-state index is 9.27. The lowest BCUT2D eigenvalue weighted by Gasteiger charge is -2.34. The minimum atomic E-state index is 0.400. The van der Waals surface area contributed by atoms with Gasteiger partial charge in [-0.2, -0.15) is 5.26 Å². The van der Waals surface area contributed by atoms with Crippen LogP contribution >= 0.6 is 0 Å². The highest BCUT2D eigenvalue weighted by atomic mass is 15.1. The number of hydrogen-bond acceptors (Lipinski definition) is 3. The van der Waals surface area contributed by atoms with Gasteiger partial charge in [0.05, 0.1) is 11.3 Å². The second kappa shape index (κ2) is 6.08. The summed E-state index contributed by atoms with van der Waals surface area (Å²) in [5, 5.41) is 12.8. The molecule has 0 spiro atoms. The Labute approximate surface area is 116 Å². The molecule has 2 unspecified atom stereocenters. The van der Waals surface area contributed by atoms with Gasteiger partial charge in [-0.15, -0.1) is 0 Å². The first-order chi connectivity index (χ1) is 9.11. The van der Waals surface area contributed by atoms with Crippen molar-refractivity contribution in [3.8, 4) is 6.07 Å². The molecule has 0 saturated carbocycles. The number of rotatable bonds is 3. The average molecular weight is 257 g/mol. The molecule has 1 aliphatic heterocycles. The maximum atomic E-state index is 9.27. The van der Waals surface area contributed by atoms with Crippen LogP contribution in [0, 0.1) is 24.2 Å². The van der Waals surface area contributed by atoms with E-state index in [0.29, 0.717) is 12.0 Å². The molecule has 1 aromatic rings. The van der Waals surface area contributed by atoms with Gasteiger partial charge < -0.3 is 10.2 Å². The monoisotopic (exact) mass is 257 g/mol. The Morgan fingerprint density at radius 3 is 2.95 bits per heavy atom. The highest BCUT2D eigenvalue weighted by Crippen LogP contribution is 2.24. The van der Waals surface area contributed by atoms with Crippen LogP contribution in [0.15, 0.2) is 18.2 Å². The predicted octanol–water partition coefficient (Wildman–Crippen LogP) is 3.01. The highest BCUT2D eigenvalue weighted by Gasteiger charge is 2.23. The van der Waals surface area contributed by atoms with E-state index in [1.807, 2.05) is 25.1 Å². The number of nitriles is 1. The molecule has 2 rings (SSSR count). The van der Waals surface area contributed by atoms with Crippen LogP contribution in [0.2, 0.25) is 0 Å². The van der Waals surface area contributed by atoms with Gasteiger partial charge in [0.25, 0.3) is 0 Å². The van der Waals surface area contributed by atoms with Gasteiger partial charge in [0.1, 0.15) is 6.07 Å². The number of benzene rings is 1. The van der Waals surface area contributed by atoms with Crippen LogP contribution in [0.4, 0.5) is 5.69 Å². The smallest absolute Gasteiger partial charge is 0.102 e. The van der Waals surface area contributed by atoms with Crippen molar-refractivity contribution in [2.24, 2.45) is 5.92 Å². The minimum absolute atomic E-state index is 0.400. The maximum Gasteiger partial charge on any atom is 0.102 e. The average Bonchev–Trinajstić information content (AvgIpc) is 2.39. The van der Waals surface area contributed by atoms with E-state index in [4.69, 9.17) is 0 Å². The minimum Gasteiger partial charge on any atom is -0.381 e. The van der Waals surface area contributed by atoms with Crippen LogP contribution in [0.3, 0.4) is 0 Å². The molecule has 1 aromatic carbocycles. The first kappa shape index (κ1) is 13.9. The van der Waals surface area contributed by atoms with E-state index in [-0.39, 0.29) is 0 Å². The molecular formula is C16H23N3. The lowest BCUT2D eigenvalue weighted by Crippen LogP contribution is -2.40. The Kier molecular flexibility index (Phi) is 4.44. The third-order valence-corrected chi connectivity index (χ3v) is 4.14. The van der Waals surface area contributed by atoms with E-state index in [1.165, 1.54) is 19.4 Å². The van der Waals surface area contributed by atoms with Crippen molar-refractivity contribution in [2.45, 2.75) is 32.7 Å². The summed E-state index contributed by atoms with van der Waals surface area (Å²) in [6.45, 7) is 6.56. The third-order valence-electron chi connectivity index (χ3n) is 4.14. The molecule has 1 N–H and O–H groups in total. The molecule has 1 saturated heterocycles.